The minimum Gasteiger partial charge on any atom is -0.309 e. The summed E-state index contributed by atoms with van der Waals surface area (Å²) in [7, 11) is 0. The van der Waals surface area contributed by atoms with Crippen molar-refractivity contribution in [1.29, 1.82) is 0 Å². The molecule has 0 spiro atoms. The molecule has 0 atom stereocenters. The van der Waals surface area contributed by atoms with Crippen molar-refractivity contribution in [3.8, 4) is 33.6 Å². The summed E-state index contributed by atoms with van der Waals surface area (Å²) in [5, 5.41) is 5.10. The van der Waals surface area contributed by atoms with E-state index in [4.69, 9.17) is 0 Å². The Labute approximate surface area is 255 Å². The topological polar surface area (TPSA) is 9.86 Å². The molecule has 0 amide bonds. The number of aromatic nitrogens is 2. The minimum atomic E-state index is 1.16. The number of fused-ring (bicyclic) bond motifs is 7. The molecule has 0 saturated heterocycles. The summed E-state index contributed by atoms with van der Waals surface area (Å²) in [5.74, 6) is 0. The predicted molar refractivity (Wildman–Crippen MR) is 186 cm³/mol. The Morgan fingerprint density at radius 3 is 1.36 bits per heavy atom. The molecule has 0 unspecified atom stereocenters. The smallest absolute Gasteiger partial charge is 0.0548 e. The molecule has 2 heterocycles. The average molecular weight is 561 g/mol. The third-order valence-corrected chi connectivity index (χ3v) is 8.92. The summed E-state index contributed by atoms with van der Waals surface area (Å²) in [6.45, 7) is 0. The molecule has 0 aliphatic rings. The Morgan fingerprint density at radius 1 is 0.273 bits per heavy atom. The van der Waals surface area contributed by atoms with Gasteiger partial charge in [0.25, 0.3) is 0 Å². The number of hydrogen-bond donors (Lipinski definition) is 0. The zero-order valence-corrected chi connectivity index (χ0v) is 24.1. The van der Waals surface area contributed by atoms with E-state index in [1.807, 2.05) is 0 Å². The van der Waals surface area contributed by atoms with Crippen LogP contribution in [-0.4, -0.2) is 9.13 Å². The molecule has 7 aromatic carbocycles. The minimum absolute atomic E-state index is 1.16. The second-order valence-electron chi connectivity index (χ2n) is 11.4. The van der Waals surface area contributed by atoms with Crippen molar-refractivity contribution >= 4 is 43.6 Å². The average Bonchev–Trinajstić information content (AvgIpc) is 3.62. The van der Waals surface area contributed by atoms with E-state index in [-0.39, 0.29) is 0 Å². The molecule has 206 valence electrons. The van der Waals surface area contributed by atoms with Gasteiger partial charge in [0, 0.05) is 32.9 Å². The van der Waals surface area contributed by atoms with Crippen LogP contribution in [0.5, 0.6) is 0 Å². The molecule has 0 aliphatic carbocycles. The van der Waals surface area contributed by atoms with Crippen LogP contribution in [0.4, 0.5) is 0 Å². The third kappa shape index (κ3) is 3.75. The first-order valence-electron chi connectivity index (χ1n) is 15.1. The third-order valence-electron chi connectivity index (χ3n) is 8.92. The van der Waals surface area contributed by atoms with Crippen LogP contribution < -0.4 is 0 Å². The first-order valence-corrected chi connectivity index (χ1v) is 15.1. The molecule has 2 heteroatoms. The van der Waals surface area contributed by atoms with Gasteiger partial charge in [0.2, 0.25) is 0 Å². The van der Waals surface area contributed by atoms with Crippen LogP contribution in [-0.2, 0) is 0 Å². The molecule has 0 N–H and O–H groups in total. The van der Waals surface area contributed by atoms with Gasteiger partial charge in [-0.15, -0.1) is 0 Å². The first-order chi connectivity index (χ1) is 21.8. The van der Waals surface area contributed by atoms with Gasteiger partial charge in [-0.2, -0.15) is 0 Å². The molecule has 0 fully saturated rings. The lowest BCUT2D eigenvalue weighted by atomic mass is 10.0. The molecule has 9 aromatic rings. The van der Waals surface area contributed by atoms with E-state index in [1.165, 1.54) is 71.6 Å². The van der Waals surface area contributed by atoms with E-state index in [1.54, 1.807) is 0 Å². The number of para-hydroxylation sites is 2. The van der Waals surface area contributed by atoms with Gasteiger partial charge in [-0.25, -0.2) is 0 Å². The summed E-state index contributed by atoms with van der Waals surface area (Å²) >= 11 is 0. The number of benzene rings is 7. The molecule has 0 aliphatic heterocycles. The summed E-state index contributed by atoms with van der Waals surface area (Å²) in [4.78, 5) is 0. The lowest BCUT2D eigenvalue weighted by Crippen LogP contribution is -1.94. The first kappa shape index (κ1) is 24.7. The Hall–Kier alpha value is -5.86. The highest BCUT2D eigenvalue weighted by molar-refractivity contribution is 6.29. The van der Waals surface area contributed by atoms with Gasteiger partial charge in [0.1, 0.15) is 0 Å². The maximum Gasteiger partial charge on any atom is 0.0548 e. The van der Waals surface area contributed by atoms with Gasteiger partial charge in [-0.05, 0) is 76.9 Å². The monoisotopic (exact) mass is 560 g/mol. The van der Waals surface area contributed by atoms with Gasteiger partial charge < -0.3 is 9.13 Å². The van der Waals surface area contributed by atoms with Crippen LogP contribution in [0.25, 0.3) is 77.2 Å². The van der Waals surface area contributed by atoms with E-state index in [2.05, 4.69) is 179 Å². The lowest BCUT2D eigenvalue weighted by molar-refractivity contribution is 1.17. The van der Waals surface area contributed by atoms with Crippen molar-refractivity contribution < 1.29 is 0 Å². The molecule has 44 heavy (non-hydrogen) atoms. The van der Waals surface area contributed by atoms with Crippen LogP contribution in [0.2, 0.25) is 0 Å². The molecule has 2 aromatic heterocycles. The van der Waals surface area contributed by atoms with Gasteiger partial charge in [-0.1, -0.05) is 115 Å². The Balaban J connectivity index is 1.38. The lowest BCUT2D eigenvalue weighted by Gasteiger charge is -2.10. The summed E-state index contributed by atoms with van der Waals surface area (Å²) < 4.78 is 4.84. The molecule has 2 nitrogen and oxygen atoms in total. The second-order valence-corrected chi connectivity index (χ2v) is 11.4. The van der Waals surface area contributed by atoms with Crippen molar-refractivity contribution in [3.05, 3.63) is 170 Å². The quantitative estimate of drug-likeness (QED) is 0.203. The van der Waals surface area contributed by atoms with Crippen LogP contribution in [0, 0.1) is 0 Å². The highest BCUT2D eigenvalue weighted by Gasteiger charge is 2.21. The van der Waals surface area contributed by atoms with Crippen LogP contribution in [0.3, 0.4) is 0 Å². The number of hydrogen-bond acceptors (Lipinski definition) is 0. The molecular formula is C42H28N2. The van der Waals surface area contributed by atoms with Gasteiger partial charge in [0.15, 0.2) is 0 Å². The Bertz CT molecular complexity index is 2450. The zero-order valence-electron chi connectivity index (χ0n) is 24.1. The fourth-order valence-electron chi connectivity index (χ4n) is 6.95. The predicted octanol–water partition coefficient (Wildman–Crippen LogP) is 11.2. The van der Waals surface area contributed by atoms with Crippen molar-refractivity contribution in [2.75, 3.05) is 0 Å². The molecule has 0 saturated carbocycles. The number of nitrogens with zero attached hydrogens (tertiary/aromatic N) is 2. The summed E-state index contributed by atoms with van der Waals surface area (Å²) in [6.07, 6.45) is 0. The van der Waals surface area contributed by atoms with Crippen molar-refractivity contribution in [2.45, 2.75) is 0 Å². The fraction of sp³-hybridized carbons (Fsp3) is 0. The van der Waals surface area contributed by atoms with E-state index in [0.717, 1.165) is 5.69 Å². The largest absolute Gasteiger partial charge is 0.309 e. The Kier molecular flexibility index (Phi) is 5.54. The fourth-order valence-corrected chi connectivity index (χ4v) is 6.95. The Morgan fingerprint density at radius 2 is 0.705 bits per heavy atom. The maximum absolute atomic E-state index is 2.42. The highest BCUT2D eigenvalue weighted by atomic mass is 15.0. The molecule has 0 radical (unpaired) electrons. The second kappa shape index (κ2) is 9.86. The van der Waals surface area contributed by atoms with Crippen molar-refractivity contribution in [2.24, 2.45) is 0 Å². The normalized spacial score (nSPS) is 11.6. The van der Waals surface area contributed by atoms with E-state index >= 15 is 0 Å². The SMILES string of the molecule is c1ccc(-c2ccc(-n3c4ccccc4c4c5c6cc(-c7ccccc7)ccc6n(-c6ccccc6)c5ccc43)cc2)cc1. The molecule has 9 rings (SSSR count). The summed E-state index contributed by atoms with van der Waals surface area (Å²) in [6, 6.07) is 61.3. The van der Waals surface area contributed by atoms with Gasteiger partial charge in [0.05, 0.1) is 22.1 Å². The van der Waals surface area contributed by atoms with E-state index < -0.39 is 0 Å². The van der Waals surface area contributed by atoms with Gasteiger partial charge in [-0.3, -0.25) is 0 Å². The van der Waals surface area contributed by atoms with Gasteiger partial charge >= 0.3 is 0 Å². The highest BCUT2D eigenvalue weighted by Crippen LogP contribution is 2.43. The maximum atomic E-state index is 2.42. The summed E-state index contributed by atoms with van der Waals surface area (Å²) in [5.41, 5.74) is 12.1. The van der Waals surface area contributed by atoms with Crippen LogP contribution >= 0.6 is 0 Å². The molecule has 0 bridgehead atoms. The van der Waals surface area contributed by atoms with E-state index in [9.17, 15) is 0 Å². The number of rotatable bonds is 4. The van der Waals surface area contributed by atoms with Crippen LogP contribution in [0.1, 0.15) is 0 Å². The zero-order chi connectivity index (χ0) is 29.0. The van der Waals surface area contributed by atoms with Crippen molar-refractivity contribution in [3.63, 3.8) is 0 Å². The molecular weight excluding hydrogens is 532 g/mol. The van der Waals surface area contributed by atoms with Crippen LogP contribution in [0.15, 0.2) is 170 Å². The standard InChI is InChI=1S/C42H28N2/c1-4-12-29(13-5-1)31-20-23-34(24-21-31)44-37-19-11-10-18-35(37)41-39(44)26-27-40-42(41)36-28-32(30-14-6-2-7-15-30)22-25-38(36)43(40)33-16-8-3-9-17-33/h1-28H. The van der Waals surface area contributed by atoms with E-state index in [0.29, 0.717) is 0 Å². The van der Waals surface area contributed by atoms with Crippen molar-refractivity contribution in [1.82, 2.24) is 9.13 Å².